The molecule has 3 aliphatic carbocycles. The van der Waals surface area contributed by atoms with Crippen LogP contribution in [-0.2, 0) is 9.59 Å². The lowest BCUT2D eigenvalue weighted by Gasteiger charge is -2.70. The molecule has 6 nitrogen and oxygen atoms in total. The molecule has 3 saturated carbocycles. The van der Waals surface area contributed by atoms with Crippen LogP contribution in [0.15, 0.2) is 24.3 Å². The number of nitrogens with one attached hydrogen (secondary N) is 2. The van der Waals surface area contributed by atoms with Gasteiger partial charge in [-0.05, 0) is 64.5 Å². The third-order valence-corrected chi connectivity index (χ3v) is 5.41. The molecule has 2 bridgehead atoms. The maximum atomic E-state index is 12.2. The van der Waals surface area contributed by atoms with Crippen molar-refractivity contribution in [1.29, 1.82) is 0 Å². The molecule has 0 spiro atoms. The smallest absolute Gasteiger partial charge is 0.258 e. The molecule has 2 N–H and O–H groups in total. The molecular weight excluding hydrogens is 342 g/mol. The van der Waals surface area contributed by atoms with Crippen LogP contribution in [0.2, 0.25) is 5.02 Å². The lowest BCUT2D eigenvalue weighted by Crippen LogP contribution is -2.84. The fourth-order valence-corrected chi connectivity index (χ4v) is 3.79. The second-order valence-corrected chi connectivity index (χ2v) is 7.95. The van der Waals surface area contributed by atoms with Crippen LogP contribution in [0.4, 0.5) is 0 Å². The Kier molecular flexibility index (Phi) is 4.68. The Labute approximate surface area is 152 Å². The van der Waals surface area contributed by atoms with Crippen molar-refractivity contribution in [2.45, 2.75) is 43.3 Å². The van der Waals surface area contributed by atoms with Crippen molar-refractivity contribution >= 4 is 23.4 Å². The minimum Gasteiger partial charge on any atom is -0.484 e. The standard InChI is InChI=1S/C18H24ClN3O3/c1-12(22(2)3)16(24)21-18-9-17(10-18,11-18)20-15(23)8-25-14-6-4-13(19)5-7-14/h4-7,12H,8-11H2,1-3H3,(H,20,23)(H,21,24)/t12-,17?,18?/m0/s1. The highest BCUT2D eigenvalue weighted by molar-refractivity contribution is 6.30. The van der Waals surface area contributed by atoms with Gasteiger partial charge in [0.1, 0.15) is 5.75 Å². The molecular formula is C18H24ClN3O3. The molecule has 0 unspecified atom stereocenters. The Bertz CT molecular complexity index is 655. The van der Waals surface area contributed by atoms with Crippen molar-refractivity contribution in [3.05, 3.63) is 29.3 Å². The van der Waals surface area contributed by atoms with Crippen LogP contribution in [0.3, 0.4) is 0 Å². The zero-order chi connectivity index (χ0) is 18.2. The number of hydrogen-bond donors (Lipinski definition) is 2. The van der Waals surface area contributed by atoms with Gasteiger partial charge in [-0.2, -0.15) is 0 Å². The summed E-state index contributed by atoms with van der Waals surface area (Å²) in [6.07, 6.45) is 2.37. The first kappa shape index (κ1) is 18.0. The van der Waals surface area contributed by atoms with E-state index in [-0.39, 0.29) is 35.5 Å². The number of carbonyl (C=O) groups is 2. The molecule has 1 atom stereocenters. The highest BCUT2D eigenvalue weighted by atomic mass is 35.5. The molecule has 0 aromatic heterocycles. The van der Waals surface area contributed by atoms with E-state index in [0.717, 1.165) is 19.3 Å². The SMILES string of the molecule is C[C@@H](C(=O)NC12CC(NC(=O)COc3ccc(Cl)cc3)(C1)C2)N(C)C. The summed E-state index contributed by atoms with van der Waals surface area (Å²) in [7, 11) is 3.77. The van der Waals surface area contributed by atoms with Crippen LogP contribution < -0.4 is 15.4 Å². The molecule has 4 rings (SSSR count). The average Bonchev–Trinajstić information content (AvgIpc) is 2.50. The molecule has 0 aliphatic heterocycles. The van der Waals surface area contributed by atoms with E-state index in [1.54, 1.807) is 24.3 Å². The molecule has 136 valence electrons. The van der Waals surface area contributed by atoms with E-state index in [1.807, 2.05) is 25.9 Å². The zero-order valence-electron chi connectivity index (χ0n) is 14.8. The number of ether oxygens (including phenoxy) is 1. The first-order valence-corrected chi connectivity index (χ1v) is 8.78. The second kappa shape index (κ2) is 6.50. The summed E-state index contributed by atoms with van der Waals surface area (Å²) in [5.74, 6) is 0.505. The first-order valence-electron chi connectivity index (χ1n) is 8.40. The second-order valence-electron chi connectivity index (χ2n) is 7.51. The Morgan fingerprint density at radius 2 is 1.72 bits per heavy atom. The van der Waals surface area contributed by atoms with Gasteiger partial charge in [0.05, 0.1) is 6.04 Å². The number of benzene rings is 1. The number of nitrogens with zero attached hydrogens (tertiary/aromatic N) is 1. The summed E-state index contributed by atoms with van der Waals surface area (Å²) in [5.41, 5.74) is -0.305. The minimum absolute atomic E-state index is 0.0274. The number of halogens is 1. The van der Waals surface area contributed by atoms with Gasteiger partial charge in [-0.3, -0.25) is 14.5 Å². The van der Waals surface area contributed by atoms with Gasteiger partial charge >= 0.3 is 0 Å². The van der Waals surface area contributed by atoms with Crippen LogP contribution >= 0.6 is 11.6 Å². The number of hydrogen-bond acceptors (Lipinski definition) is 4. The van der Waals surface area contributed by atoms with Crippen LogP contribution in [0.25, 0.3) is 0 Å². The van der Waals surface area contributed by atoms with E-state index < -0.39 is 0 Å². The van der Waals surface area contributed by atoms with E-state index >= 15 is 0 Å². The molecule has 0 saturated heterocycles. The fourth-order valence-electron chi connectivity index (χ4n) is 3.66. The van der Waals surface area contributed by atoms with E-state index in [2.05, 4.69) is 10.6 Å². The van der Waals surface area contributed by atoms with Gasteiger partial charge in [0.25, 0.3) is 5.91 Å². The van der Waals surface area contributed by atoms with Crippen LogP contribution in [0.1, 0.15) is 26.2 Å². The van der Waals surface area contributed by atoms with Gasteiger partial charge in [0.15, 0.2) is 6.61 Å². The van der Waals surface area contributed by atoms with E-state index in [0.29, 0.717) is 10.8 Å². The van der Waals surface area contributed by atoms with Crippen molar-refractivity contribution < 1.29 is 14.3 Å². The summed E-state index contributed by atoms with van der Waals surface area (Å²) in [6, 6.07) is 6.74. The molecule has 25 heavy (non-hydrogen) atoms. The van der Waals surface area contributed by atoms with Crippen molar-refractivity contribution in [2.24, 2.45) is 0 Å². The number of carbonyl (C=O) groups excluding carboxylic acids is 2. The fraction of sp³-hybridized carbons (Fsp3) is 0.556. The largest absolute Gasteiger partial charge is 0.484 e. The van der Waals surface area contributed by atoms with Gasteiger partial charge in [0.2, 0.25) is 5.91 Å². The third-order valence-electron chi connectivity index (χ3n) is 5.16. The average molecular weight is 366 g/mol. The van der Waals surface area contributed by atoms with Crippen LogP contribution in [0.5, 0.6) is 5.75 Å². The van der Waals surface area contributed by atoms with Gasteiger partial charge < -0.3 is 15.4 Å². The summed E-state index contributed by atoms with van der Waals surface area (Å²) >= 11 is 5.81. The quantitative estimate of drug-likeness (QED) is 0.769. The first-order chi connectivity index (χ1) is 11.7. The van der Waals surface area contributed by atoms with Gasteiger partial charge in [-0.1, -0.05) is 11.6 Å². The highest BCUT2D eigenvalue weighted by Crippen LogP contribution is 2.60. The number of amides is 2. The van der Waals surface area contributed by atoms with Gasteiger partial charge in [-0.25, -0.2) is 0 Å². The maximum Gasteiger partial charge on any atom is 0.258 e. The third kappa shape index (κ3) is 3.75. The van der Waals surface area contributed by atoms with E-state index in [4.69, 9.17) is 16.3 Å². The topological polar surface area (TPSA) is 70.7 Å². The monoisotopic (exact) mass is 365 g/mol. The summed E-state index contributed by atoms with van der Waals surface area (Å²) in [4.78, 5) is 26.1. The molecule has 0 heterocycles. The maximum absolute atomic E-state index is 12.2. The Balaban J connectivity index is 1.41. The number of likely N-dealkylation sites (N-methyl/N-ethyl adjacent to an activating group) is 1. The van der Waals surface area contributed by atoms with E-state index in [9.17, 15) is 9.59 Å². The summed E-state index contributed by atoms with van der Waals surface area (Å²) < 4.78 is 5.46. The molecule has 1 aromatic rings. The predicted molar refractivity (Wildman–Crippen MR) is 95.7 cm³/mol. The van der Waals surface area contributed by atoms with Gasteiger partial charge in [0, 0.05) is 16.1 Å². The van der Waals surface area contributed by atoms with E-state index in [1.165, 1.54) is 0 Å². The van der Waals surface area contributed by atoms with Crippen molar-refractivity contribution in [3.63, 3.8) is 0 Å². The lowest BCUT2D eigenvalue weighted by atomic mass is 9.44. The van der Waals surface area contributed by atoms with Crippen LogP contribution in [0, 0.1) is 0 Å². The Morgan fingerprint density at radius 1 is 1.16 bits per heavy atom. The molecule has 1 aromatic carbocycles. The molecule has 0 radical (unpaired) electrons. The predicted octanol–water partition coefficient (Wildman–Crippen LogP) is 1.58. The normalized spacial score (nSPS) is 27.7. The summed E-state index contributed by atoms with van der Waals surface area (Å²) in [6.45, 7) is 1.85. The van der Waals surface area contributed by atoms with Crippen molar-refractivity contribution in [1.82, 2.24) is 15.5 Å². The number of rotatable bonds is 7. The Morgan fingerprint density at radius 3 is 2.28 bits per heavy atom. The zero-order valence-corrected chi connectivity index (χ0v) is 15.5. The molecule has 2 amide bonds. The van der Waals surface area contributed by atoms with Crippen molar-refractivity contribution in [2.75, 3.05) is 20.7 Å². The highest BCUT2D eigenvalue weighted by Gasteiger charge is 2.69. The molecule has 7 heteroatoms. The minimum atomic E-state index is -0.172. The molecule has 3 fully saturated rings. The summed E-state index contributed by atoms with van der Waals surface area (Å²) in [5, 5.41) is 6.79. The lowest BCUT2D eigenvalue weighted by molar-refractivity contribution is -0.152. The Hall–Kier alpha value is -1.79. The van der Waals surface area contributed by atoms with Crippen molar-refractivity contribution in [3.8, 4) is 5.75 Å². The molecule has 3 aliphatic rings. The van der Waals surface area contributed by atoms with Crippen LogP contribution in [-0.4, -0.2) is 54.5 Å². The van der Waals surface area contributed by atoms with Gasteiger partial charge in [-0.15, -0.1) is 0 Å².